The molecule has 2 atom stereocenters. The molecule has 0 aliphatic rings. The lowest BCUT2D eigenvalue weighted by molar-refractivity contribution is 0.474. The summed E-state index contributed by atoms with van der Waals surface area (Å²) in [5.74, 6) is 2.77. The molecule has 4 heteroatoms. The Hall–Kier alpha value is -1.31. The van der Waals surface area contributed by atoms with Gasteiger partial charge in [0.05, 0.1) is 11.7 Å². The van der Waals surface area contributed by atoms with Crippen LogP contribution in [-0.2, 0) is 7.05 Å². The average molecular weight is 234 g/mol. The van der Waals surface area contributed by atoms with Gasteiger partial charge < -0.3 is 5.73 Å². The molecular formula is C13H22N4. The number of rotatable bonds is 6. The number of hydrogen-bond donors (Lipinski definition) is 2. The van der Waals surface area contributed by atoms with Crippen LogP contribution in [0.4, 0.5) is 0 Å². The third-order valence-corrected chi connectivity index (χ3v) is 2.84. The molecule has 94 valence electrons. The molecular weight excluding hydrogens is 212 g/mol. The summed E-state index contributed by atoms with van der Waals surface area (Å²) >= 11 is 0. The van der Waals surface area contributed by atoms with E-state index in [9.17, 15) is 0 Å². The Kier molecular flexibility index (Phi) is 5.20. The summed E-state index contributed by atoms with van der Waals surface area (Å²) in [6, 6.07) is 0.157. The zero-order chi connectivity index (χ0) is 12.8. The molecule has 0 bridgehead atoms. The van der Waals surface area contributed by atoms with Gasteiger partial charge >= 0.3 is 0 Å². The topological polar surface area (TPSA) is 55.9 Å². The highest BCUT2D eigenvalue weighted by molar-refractivity contribution is 5.21. The van der Waals surface area contributed by atoms with Crippen molar-refractivity contribution in [3.63, 3.8) is 0 Å². The van der Waals surface area contributed by atoms with E-state index in [1.54, 1.807) is 4.68 Å². The van der Waals surface area contributed by atoms with Gasteiger partial charge in [-0.1, -0.05) is 19.3 Å². The van der Waals surface area contributed by atoms with Gasteiger partial charge in [0.2, 0.25) is 0 Å². The lowest BCUT2D eigenvalue weighted by Crippen LogP contribution is -2.36. The fourth-order valence-corrected chi connectivity index (χ4v) is 1.99. The smallest absolute Gasteiger partial charge is 0.0692 e. The molecule has 1 rings (SSSR count). The number of terminal acetylenes is 1. The number of nitrogens with zero attached hydrogens (tertiary/aromatic N) is 2. The van der Waals surface area contributed by atoms with Gasteiger partial charge in [0.1, 0.15) is 0 Å². The molecule has 0 saturated heterocycles. The molecule has 0 amide bonds. The van der Waals surface area contributed by atoms with Gasteiger partial charge in [0.15, 0.2) is 0 Å². The second-order valence-corrected chi connectivity index (χ2v) is 4.31. The van der Waals surface area contributed by atoms with E-state index in [0.29, 0.717) is 6.54 Å². The van der Waals surface area contributed by atoms with Gasteiger partial charge in [-0.15, -0.1) is 6.42 Å². The van der Waals surface area contributed by atoms with Crippen LogP contribution in [0.2, 0.25) is 0 Å². The van der Waals surface area contributed by atoms with Gasteiger partial charge in [-0.05, 0) is 13.3 Å². The molecule has 0 aliphatic heterocycles. The lowest BCUT2D eigenvalue weighted by atomic mass is 10.1. The van der Waals surface area contributed by atoms with Crippen molar-refractivity contribution in [1.29, 1.82) is 0 Å². The maximum absolute atomic E-state index is 5.81. The van der Waals surface area contributed by atoms with Crippen LogP contribution in [0, 0.1) is 19.3 Å². The van der Waals surface area contributed by atoms with Crippen molar-refractivity contribution in [2.24, 2.45) is 12.8 Å². The van der Waals surface area contributed by atoms with Crippen molar-refractivity contribution >= 4 is 0 Å². The Labute approximate surface area is 104 Å². The molecule has 0 saturated carbocycles. The van der Waals surface area contributed by atoms with E-state index in [2.05, 4.69) is 23.3 Å². The van der Waals surface area contributed by atoms with E-state index in [4.69, 9.17) is 12.2 Å². The molecule has 0 spiro atoms. The molecule has 3 N–H and O–H groups in total. The largest absolute Gasteiger partial charge is 0.329 e. The molecule has 1 heterocycles. The number of nitrogens with one attached hydrogen (secondary N) is 1. The Morgan fingerprint density at radius 2 is 2.35 bits per heavy atom. The van der Waals surface area contributed by atoms with Crippen molar-refractivity contribution in [1.82, 2.24) is 15.1 Å². The van der Waals surface area contributed by atoms with Gasteiger partial charge in [0.25, 0.3) is 0 Å². The maximum Gasteiger partial charge on any atom is 0.0692 e. The molecule has 0 aromatic carbocycles. The SMILES string of the molecule is C#CC(CCC)NC(CN)c1cn(C)nc1C. The highest BCUT2D eigenvalue weighted by Crippen LogP contribution is 2.16. The summed E-state index contributed by atoms with van der Waals surface area (Å²) < 4.78 is 1.81. The normalized spacial score (nSPS) is 14.3. The number of aromatic nitrogens is 2. The number of nitrogens with two attached hydrogens (primary N) is 1. The summed E-state index contributed by atoms with van der Waals surface area (Å²) in [6.07, 6.45) is 9.53. The molecule has 0 radical (unpaired) electrons. The van der Waals surface area contributed by atoms with Crippen LogP contribution in [0.3, 0.4) is 0 Å². The molecule has 1 aromatic heterocycles. The second-order valence-electron chi connectivity index (χ2n) is 4.31. The van der Waals surface area contributed by atoms with Crippen molar-refractivity contribution in [3.05, 3.63) is 17.5 Å². The standard InChI is InChI=1S/C13H22N4/c1-5-7-11(6-2)15-13(8-14)12-9-17(4)16-10(12)3/h2,9,11,13,15H,5,7-8,14H2,1,3-4H3. The lowest BCUT2D eigenvalue weighted by Gasteiger charge is -2.20. The summed E-state index contributed by atoms with van der Waals surface area (Å²) in [5, 5.41) is 7.74. The molecule has 17 heavy (non-hydrogen) atoms. The van der Waals surface area contributed by atoms with Crippen LogP contribution in [0.25, 0.3) is 0 Å². The van der Waals surface area contributed by atoms with Crippen molar-refractivity contribution < 1.29 is 0 Å². The summed E-state index contributed by atoms with van der Waals surface area (Å²) in [7, 11) is 1.91. The van der Waals surface area contributed by atoms with Crippen LogP contribution in [-0.4, -0.2) is 22.4 Å². The van der Waals surface area contributed by atoms with Crippen molar-refractivity contribution in [2.75, 3.05) is 6.54 Å². The van der Waals surface area contributed by atoms with E-state index >= 15 is 0 Å². The predicted molar refractivity (Wildman–Crippen MR) is 70.4 cm³/mol. The van der Waals surface area contributed by atoms with Crippen LogP contribution in [0.5, 0.6) is 0 Å². The fourth-order valence-electron chi connectivity index (χ4n) is 1.99. The number of hydrogen-bond acceptors (Lipinski definition) is 3. The summed E-state index contributed by atoms with van der Waals surface area (Å²) in [6.45, 7) is 4.64. The van der Waals surface area contributed by atoms with Gasteiger partial charge in [-0.25, -0.2) is 0 Å². The minimum atomic E-state index is 0.0770. The van der Waals surface area contributed by atoms with Crippen molar-refractivity contribution in [2.45, 2.75) is 38.8 Å². The van der Waals surface area contributed by atoms with Crippen LogP contribution < -0.4 is 11.1 Å². The highest BCUT2D eigenvalue weighted by atomic mass is 15.3. The Morgan fingerprint density at radius 3 is 2.76 bits per heavy atom. The van der Waals surface area contributed by atoms with E-state index < -0.39 is 0 Å². The molecule has 4 nitrogen and oxygen atoms in total. The van der Waals surface area contributed by atoms with Gasteiger partial charge in [-0.2, -0.15) is 5.10 Å². The quantitative estimate of drug-likeness (QED) is 0.725. The molecule has 1 aromatic rings. The van der Waals surface area contributed by atoms with E-state index in [1.807, 2.05) is 20.2 Å². The second kappa shape index (κ2) is 6.43. The zero-order valence-corrected chi connectivity index (χ0v) is 10.9. The average Bonchev–Trinajstić information content (AvgIpc) is 2.63. The van der Waals surface area contributed by atoms with Crippen LogP contribution in [0.1, 0.15) is 37.1 Å². The van der Waals surface area contributed by atoms with Crippen LogP contribution in [0.15, 0.2) is 6.20 Å². The Balaban J connectivity index is 2.78. The van der Waals surface area contributed by atoms with E-state index in [-0.39, 0.29) is 12.1 Å². The van der Waals surface area contributed by atoms with Gasteiger partial charge in [0, 0.05) is 31.4 Å². The summed E-state index contributed by atoms with van der Waals surface area (Å²) in [5.41, 5.74) is 7.95. The minimum Gasteiger partial charge on any atom is -0.329 e. The Morgan fingerprint density at radius 1 is 1.65 bits per heavy atom. The highest BCUT2D eigenvalue weighted by Gasteiger charge is 2.17. The van der Waals surface area contributed by atoms with Crippen molar-refractivity contribution in [3.8, 4) is 12.3 Å². The first kappa shape index (κ1) is 13.8. The fraction of sp³-hybridized carbons (Fsp3) is 0.615. The first-order valence-corrected chi connectivity index (χ1v) is 6.04. The number of aryl methyl sites for hydroxylation is 2. The van der Waals surface area contributed by atoms with E-state index in [0.717, 1.165) is 24.1 Å². The summed E-state index contributed by atoms with van der Waals surface area (Å²) in [4.78, 5) is 0. The molecule has 0 aliphatic carbocycles. The Bertz CT molecular complexity index is 389. The molecule has 2 unspecified atom stereocenters. The van der Waals surface area contributed by atoms with Crippen LogP contribution >= 0.6 is 0 Å². The first-order valence-electron chi connectivity index (χ1n) is 6.04. The first-order chi connectivity index (χ1) is 8.12. The monoisotopic (exact) mass is 234 g/mol. The maximum atomic E-state index is 5.81. The zero-order valence-electron chi connectivity index (χ0n) is 10.9. The third kappa shape index (κ3) is 3.58. The minimum absolute atomic E-state index is 0.0770. The van der Waals surface area contributed by atoms with E-state index in [1.165, 1.54) is 0 Å². The van der Waals surface area contributed by atoms with Gasteiger partial charge in [-0.3, -0.25) is 10.00 Å². The predicted octanol–water partition coefficient (Wildman–Crippen LogP) is 1.12. The third-order valence-electron chi connectivity index (χ3n) is 2.84. The molecule has 0 fully saturated rings.